The van der Waals surface area contributed by atoms with E-state index in [0.717, 1.165) is 118 Å². The quantitative estimate of drug-likeness (QED) is 0.224. The Morgan fingerprint density at radius 2 is 1.62 bits per heavy atom. The van der Waals surface area contributed by atoms with Gasteiger partial charge < -0.3 is 34.4 Å². The summed E-state index contributed by atoms with van der Waals surface area (Å²) >= 11 is 0. The van der Waals surface area contributed by atoms with E-state index in [0.29, 0.717) is 40.4 Å². The van der Waals surface area contributed by atoms with E-state index in [1.54, 1.807) is 10.8 Å². The summed E-state index contributed by atoms with van der Waals surface area (Å²) in [6.45, 7) is 10.2. The molecule has 0 radical (unpaired) electrons. The Labute approximate surface area is 350 Å². The normalized spacial score (nSPS) is 21.3. The highest BCUT2D eigenvalue weighted by Crippen LogP contribution is 2.46. The second kappa shape index (κ2) is 16.1. The number of hydrogen-bond acceptors (Lipinski definition) is 11. The van der Waals surface area contributed by atoms with Gasteiger partial charge in [0.2, 0.25) is 11.8 Å². The zero-order valence-corrected chi connectivity index (χ0v) is 35.0. The fourth-order valence-electron chi connectivity index (χ4n) is 10.4. The SMILES string of the molecule is Cc1cc2c(N3CCN(C)c4ccc(C#N)cc43)cc(N3CCC4(CCN(CC5CCN(c6ncc(NC7CCC(=O)NC7=O)cc6F)CC5)CC4)CC3)cc2n(C)c1=O. The van der Waals surface area contributed by atoms with E-state index >= 15 is 4.39 Å². The number of carbonyl (C=O) groups is 2. The Kier molecular flexibility index (Phi) is 10.6. The van der Waals surface area contributed by atoms with Crippen LogP contribution in [0.4, 0.5) is 38.6 Å². The van der Waals surface area contributed by atoms with Crippen LogP contribution in [0.2, 0.25) is 0 Å². The number of benzene rings is 2. The second-order valence-corrected chi connectivity index (χ2v) is 17.9. The summed E-state index contributed by atoms with van der Waals surface area (Å²) in [4.78, 5) is 53.1. The molecule has 13 nitrogen and oxygen atoms in total. The largest absolute Gasteiger partial charge is 0.372 e. The van der Waals surface area contributed by atoms with Crippen LogP contribution in [0.25, 0.3) is 10.9 Å². The molecule has 0 bridgehead atoms. The monoisotopic (exact) mass is 814 g/mol. The third-order valence-electron chi connectivity index (χ3n) is 14.2. The summed E-state index contributed by atoms with van der Waals surface area (Å²) < 4.78 is 17.1. The van der Waals surface area contributed by atoms with Crippen molar-refractivity contribution >= 4 is 57.0 Å². The molecule has 7 heterocycles. The molecule has 14 heteroatoms. The molecule has 9 rings (SSSR count). The predicted octanol–water partition coefficient (Wildman–Crippen LogP) is 5.66. The lowest BCUT2D eigenvalue weighted by atomic mass is 9.71. The molecule has 4 aromatic rings. The van der Waals surface area contributed by atoms with E-state index in [4.69, 9.17) is 0 Å². The summed E-state index contributed by atoms with van der Waals surface area (Å²) in [5, 5.41) is 16.2. The van der Waals surface area contributed by atoms with E-state index in [-0.39, 0.29) is 17.9 Å². The fourth-order valence-corrected chi connectivity index (χ4v) is 10.4. The summed E-state index contributed by atoms with van der Waals surface area (Å²) in [6.07, 6.45) is 8.87. The van der Waals surface area contributed by atoms with Gasteiger partial charge in [-0.2, -0.15) is 5.26 Å². The van der Waals surface area contributed by atoms with Crippen LogP contribution in [0, 0.1) is 35.4 Å². The van der Waals surface area contributed by atoms with E-state index < -0.39 is 17.8 Å². The molecule has 314 valence electrons. The molecule has 60 heavy (non-hydrogen) atoms. The maximum absolute atomic E-state index is 15.3. The number of nitriles is 1. The zero-order valence-electron chi connectivity index (χ0n) is 35.0. The van der Waals surface area contributed by atoms with Crippen molar-refractivity contribution in [2.45, 2.75) is 64.3 Å². The van der Waals surface area contributed by atoms with Crippen LogP contribution >= 0.6 is 0 Å². The van der Waals surface area contributed by atoms with Crippen molar-refractivity contribution in [2.24, 2.45) is 18.4 Å². The number of nitrogens with zero attached hydrogens (tertiary/aromatic N) is 8. The van der Waals surface area contributed by atoms with Crippen molar-refractivity contribution in [1.29, 1.82) is 5.26 Å². The van der Waals surface area contributed by atoms with Crippen LogP contribution in [0.3, 0.4) is 0 Å². The average Bonchev–Trinajstić information content (AvgIpc) is 3.25. The first-order chi connectivity index (χ1) is 29.0. The van der Waals surface area contributed by atoms with Gasteiger partial charge in [0, 0.05) is 89.0 Å². The smallest absolute Gasteiger partial charge is 0.253 e. The number of likely N-dealkylation sites (N-methyl/N-ethyl adjacent to an activating group) is 1. The molecule has 0 saturated carbocycles. The van der Waals surface area contributed by atoms with Crippen molar-refractivity contribution in [1.82, 2.24) is 19.8 Å². The third kappa shape index (κ3) is 7.64. The van der Waals surface area contributed by atoms with Crippen LogP contribution in [0.5, 0.6) is 0 Å². The number of aryl methyl sites for hydroxylation is 2. The minimum absolute atomic E-state index is 0.0184. The van der Waals surface area contributed by atoms with Gasteiger partial charge in [0.05, 0.1) is 46.1 Å². The Balaban J connectivity index is 0.815. The van der Waals surface area contributed by atoms with E-state index in [1.807, 2.05) is 43.1 Å². The number of amides is 2. The lowest BCUT2D eigenvalue weighted by Crippen LogP contribution is -2.48. The van der Waals surface area contributed by atoms with Gasteiger partial charge in [-0.15, -0.1) is 0 Å². The van der Waals surface area contributed by atoms with Crippen LogP contribution in [0.15, 0.2) is 53.5 Å². The Morgan fingerprint density at radius 1 is 0.867 bits per heavy atom. The Bertz CT molecular complexity index is 2420. The molecule has 2 aromatic heterocycles. The van der Waals surface area contributed by atoms with Crippen LogP contribution < -0.4 is 35.8 Å². The standard InChI is InChI=1S/C46H55FN10O3/c1-30-22-35-39(53(3)45(30)60)25-34(26-40(35)57-21-20-52(2)38-6-4-32(27-48)23-41(38)57)55-18-12-46(13-19-55)10-16-54(17-11-46)29-31-8-14-56(15-9-31)43-36(47)24-33(28-49-43)50-37-5-7-42(58)51-44(37)59/h4,6,22-26,28,31,37,50H,5,7-21,29H2,1-3H3,(H,51,58,59). The number of anilines is 6. The van der Waals surface area contributed by atoms with E-state index in [1.165, 1.54) is 18.9 Å². The molecule has 1 atom stereocenters. The molecule has 5 aliphatic rings. The molecule has 2 N–H and O–H groups in total. The summed E-state index contributed by atoms with van der Waals surface area (Å²) in [7, 11) is 3.97. The number of hydrogen-bond donors (Lipinski definition) is 2. The van der Waals surface area contributed by atoms with E-state index in [2.05, 4.69) is 60.5 Å². The minimum atomic E-state index is -0.580. The number of rotatable bonds is 7. The summed E-state index contributed by atoms with van der Waals surface area (Å²) in [5.74, 6) is -0.166. The first kappa shape index (κ1) is 39.8. The van der Waals surface area contributed by atoms with Crippen molar-refractivity contribution < 1.29 is 14.0 Å². The van der Waals surface area contributed by atoms with Gasteiger partial charge in [-0.3, -0.25) is 19.7 Å². The molecule has 4 saturated heterocycles. The van der Waals surface area contributed by atoms with Crippen molar-refractivity contribution in [3.05, 3.63) is 76.0 Å². The molecule has 1 spiro atoms. The highest BCUT2D eigenvalue weighted by molar-refractivity contribution is 6.01. The number of likely N-dealkylation sites (tertiary alicyclic amines) is 1. The highest BCUT2D eigenvalue weighted by atomic mass is 19.1. The molecule has 1 unspecified atom stereocenters. The van der Waals surface area contributed by atoms with Crippen molar-refractivity contribution in [3.63, 3.8) is 0 Å². The number of pyridine rings is 2. The number of aromatic nitrogens is 2. The number of fused-ring (bicyclic) bond motifs is 2. The fraction of sp³-hybridized carbons (Fsp3) is 0.500. The van der Waals surface area contributed by atoms with Gasteiger partial charge in [-0.05, 0) is 113 Å². The maximum Gasteiger partial charge on any atom is 0.253 e. The second-order valence-electron chi connectivity index (χ2n) is 17.9. The predicted molar refractivity (Wildman–Crippen MR) is 234 cm³/mol. The minimum Gasteiger partial charge on any atom is -0.372 e. The average molecular weight is 815 g/mol. The van der Waals surface area contributed by atoms with Gasteiger partial charge in [0.25, 0.3) is 5.56 Å². The van der Waals surface area contributed by atoms with Gasteiger partial charge >= 0.3 is 0 Å². The van der Waals surface area contributed by atoms with Gasteiger partial charge in [0.15, 0.2) is 11.6 Å². The lowest BCUT2D eigenvalue weighted by molar-refractivity contribution is -0.133. The molecule has 0 aliphatic carbocycles. The van der Waals surface area contributed by atoms with Gasteiger partial charge in [0.1, 0.15) is 6.04 Å². The highest BCUT2D eigenvalue weighted by Gasteiger charge is 2.39. The maximum atomic E-state index is 15.3. The molecular weight excluding hydrogens is 760 g/mol. The van der Waals surface area contributed by atoms with Crippen LogP contribution in [-0.4, -0.2) is 98.3 Å². The number of halogens is 1. The molecule has 2 aromatic carbocycles. The van der Waals surface area contributed by atoms with Crippen LogP contribution in [0.1, 0.15) is 62.5 Å². The van der Waals surface area contributed by atoms with Gasteiger partial charge in [-0.1, -0.05) is 0 Å². The van der Waals surface area contributed by atoms with Crippen molar-refractivity contribution in [2.75, 3.05) is 90.9 Å². The molecule has 2 amide bonds. The number of nitrogens with one attached hydrogen (secondary N) is 2. The zero-order chi connectivity index (χ0) is 41.7. The topological polar surface area (TPSA) is 133 Å². The first-order valence-electron chi connectivity index (χ1n) is 21.6. The summed E-state index contributed by atoms with van der Waals surface area (Å²) in [6, 6.07) is 15.6. The number of carbonyl (C=O) groups excluding carboxylic acids is 2. The first-order valence-corrected chi connectivity index (χ1v) is 21.6. The van der Waals surface area contributed by atoms with Crippen molar-refractivity contribution in [3.8, 4) is 6.07 Å². The Morgan fingerprint density at radius 3 is 2.33 bits per heavy atom. The molecule has 5 aliphatic heterocycles. The Hall–Kier alpha value is -5.68. The number of imide groups is 1. The summed E-state index contributed by atoms with van der Waals surface area (Å²) in [5.41, 5.74) is 7.39. The third-order valence-corrected chi connectivity index (χ3v) is 14.2. The van der Waals surface area contributed by atoms with E-state index in [9.17, 15) is 19.6 Å². The molecular formula is C46H55FN10O3. The molecule has 4 fully saturated rings. The lowest BCUT2D eigenvalue weighted by Gasteiger charge is -2.48. The number of piperidine rings is 4. The van der Waals surface area contributed by atoms with Gasteiger partial charge in [-0.25, -0.2) is 9.37 Å². The van der Waals surface area contributed by atoms with Crippen LogP contribution in [-0.2, 0) is 16.6 Å².